The van der Waals surface area contributed by atoms with Crippen LogP contribution in [-0.2, 0) is 28.6 Å². The first kappa shape index (κ1) is 66.6. The van der Waals surface area contributed by atoms with Gasteiger partial charge in [-0.05, 0) is 116 Å². The van der Waals surface area contributed by atoms with Crippen LogP contribution in [-0.4, -0.2) is 37.2 Å². The maximum Gasteiger partial charge on any atom is 0.306 e. The fourth-order valence-electron chi connectivity index (χ4n) is 8.16. The first-order valence-corrected chi connectivity index (χ1v) is 29.6. The molecule has 0 aromatic heterocycles. The van der Waals surface area contributed by atoms with Crippen LogP contribution in [0.5, 0.6) is 0 Å². The van der Waals surface area contributed by atoms with E-state index in [1.165, 1.54) is 135 Å². The molecule has 0 heterocycles. The number of carbonyl (C=O) groups is 3. The van der Waals surface area contributed by atoms with Gasteiger partial charge in [0.1, 0.15) is 13.2 Å². The summed E-state index contributed by atoms with van der Waals surface area (Å²) in [6, 6.07) is 0. The molecule has 0 aliphatic rings. The van der Waals surface area contributed by atoms with Crippen LogP contribution in [0.25, 0.3) is 0 Å². The van der Waals surface area contributed by atoms with Crippen LogP contribution in [0.2, 0.25) is 0 Å². The summed E-state index contributed by atoms with van der Waals surface area (Å²) in [7, 11) is 0. The Morgan fingerprint density at radius 3 is 0.914 bits per heavy atom. The lowest BCUT2D eigenvalue weighted by atomic mass is 10.1. The maximum absolute atomic E-state index is 12.9. The lowest BCUT2D eigenvalue weighted by Gasteiger charge is -2.18. The van der Waals surface area contributed by atoms with E-state index in [0.29, 0.717) is 19.3 Å². The van der Waals surface area contributed by atoms with E-state index in [1.54, 1.807) is 0 Å². The second kappa shape index (κ2) is 58.2. The molecule has 0 radical (unpaired) electrons. The molecular weight excluding hydrogens is 865 g/mol. The SMILES string of the molecule is CC/C=C\C/C=C\C/C=C\C/C=C\CCCCCCC(=O)OC(COC(=O)CCCCCCCCC/C=C\C/C=C\CCCCC)COC(=O)CCCCCCCCC/C=C\CCCCCCCCC. The summed E-state index contributed by atoms with van der Waals surface area (Å²) in [4.78, 5) is 38.2. The second-order valence-corrected chi connectivity index (χ2v) is 19.5. The molecule has 6 heteroatoms. The van der Waals surface area contributed by atoms with Crippen molar-refractivity contribution in [2.24, 2.45) is 0 Å². The average molecular weight is 976 g/mol. The number of hydrogen-bond acceptors (Lipinski definition) is 6. The lowest BCUT2D eigenvalue weighted by molar-refractivity contribution is -0.167. The highest BCUT2D eigenvalue weighted by Crippen LogP contribution is 2.15. The largest absolute Gasteiger partial charge is 0.462 e. The summed E-state index contributed by atoms with van der Waals surface area (Å²) in [5.41, 5.74) is 0. The molecule has 0 rings (SSSR count). The van der Waals surface area contributed by atoms with Crippen molar-refractivity contribution in [3.8, 4) is 0 Å². The molecule has 0 amide bonds. The van der Waals surface area contributed by atoms with Gasteiger partial charge in [-0.25, -0.2) is 0 Å². The first-order chi connectivity index (χ1) is 34.5. The number of unbranched alkanes of at least 4 members (excludes halogenated alkanes) is 28. The van der Waals surface area contributed by atoms with E-state index in [4.69, 9.17) is 14.2 Å². The zero-order chi connectivity index (χ0) is 50.7. The van der Waals surface area contributed by atoms with Crippen molar-refractivity contribution in [3.05, 3.63) is 85.1 Å². The van der Waals surface area contributed by atoms with Crippen molar-refractivity contribution >= 4 is 17.9 Å². The number of carbonyl (C=O) groups excluding carboxylic acids is 3. The summed E-state index contributed by atoms with van der Waals surface area (Å²) in [6.45, 7) is 6.49. The Labute approximate surface area is 433 Å². The quantitative estimate of drug-likeness (QED) is 0.0261. The Bertz CT molecular complexity index is 1350. The van der Waals surface area contributed by atoms with Crippen molar-refractivity contribution < 1.29 is 28.6 Å². The Hall–Kier alpha value is -3.41. The molecule has 0 aliphatic carbocycles. The summed E-state index contributed by atoms with van der Waals surface area (Å²) < 4.78 is 16.9. The second-order valence-electron chi connectivity index (χ2n) is 19.5. The number of hydrogen-bond donors (Lipinski definition) is 0. The molecule has 0 aromatic rings. The van der Waals surface area contributed by atoms with E-state index in [2.05, 4.69) is 106 Å². The van der Waals surface area contributed by atoms with E-state index in [-0.39, 0.29) is 31.1 Å². The Morgan fingerprint density at radius 1 is 0.300 bits per heavy atom. The zero-order valence-electron chi connectivity index (χ0n) is 46.0. The van der Waals surface area contributed by atoms with Crippen LogP contribution in [0.3, 0.4) is 0 Å². The molecule has 6 nitrogen and oxygen atoms in total. The fraction of sp³-hybridized carbons (Fsp3) is 0.734. The molecule has 0 aromatic carbocycles. The topological polar surface area (TPSA) is 78.9 Å². The Kier molecular flexibility index (Phi) is 55.3. The van der Waals surface area contributed by atoms with Crippen LogP contribution in [0.1, 0.15) is 284 Å². The molecule has 1 atom stereocenters. The Balaban J connectivity index is 4.44. The van der Waals surface area contributed by atoms with Crippen LogP contribution in [0.15, 0.2) is 85.1 Å². The van der Waals surface area contributed by atoms with E-state index in [1.807, 2.05) is 0 Å². The third-order valence-electron chi connectivity index (χ3n) is 12.6. The first-order valence-electron chi connectivity index (χ1n) is 29.6. The standard InChI is InChI=1S/C64H110O6/c1-4-7-10-13-16-19-22-25-28-31-34-36-39-42-45-48-51-54-57-63(66)69-60-61(70-64(67)58-55-52-49-46-43-40-37-33-30-27-24-21-18-15-12-9-6-3)59-68-62(65)56-53-50-47-44-41-38-35-32-29-26-23-20-17-14-11-8-5-2/h9,12,17-18,20-21,26-31,37,40,61H,4-8,10-11,13-16,19,22-25,32-36,38-39,41-60H2,1-3H3/b12-9-,20-17-,21-18-,29-26-,30-27-,31-28-,40-37-. The third-order valence-corrected chi connectivity index (χ3v) is 12.6. The van der Waals surface area contributed by atoms with E-state index in [0.717, 1.165) is 109 Å². The lowest BCUT2D eigenvalue weighted by Crippen LogP contribution is -2.30. The van der Waals surface area contributed by atoms with E-state index < -0.39 is 6.10 Å². The number of allylic oxidation sites excluding steroid dienone is 14. The molecule has 0 saturated heterocycles. The van der Waals surface area contributed by atoms with Crippen LogP contribution < -0.4 is 0 Å². The molecular formula is C64H110O6. The highest BCUT2D eigenvalue weighted by molar-refractivity contribution is 5.71. The van der Waals surface area contributed by atoms with Gasteiger partial charge in [0, 0.05) is 19.3 Å². The molecule has 0 aliphatic heterocycles. The smallest absolute Gasteiger partial charge is 0.306 e. The van der Waals surface area contributed by atoms with E-state index >= 15 is 0 Å². The average Bonchev–Trinajstić information content (AvgIpc) is 3.36. The molecule has 402 valence electrons. The van der Waals surface area contributed by atoms with Gasteiger partial charge in [0.05, 0.1) is 0 Å². The summed E-state index contributed by atoms with van der Waals surface area (Å²) in [5, 5.41) is 0. The number of esters is 3. The summed E-state index contributed by atoms with van der Waals surface area (Å²) in [6.07, 6.45) is 75.7. The number of ether oxygens (including phenoxy) is 3. The molecule has 1 unspecified atom stereocenters. The molecule has 0 spiro atoms. The van der Waals surface area contributed by atoms with Gasteiger partial charge < -0.3 is 14.2 Å². The van der Waals surface area contributed by atoms with Gasteiger partial charge >= 0.3 is 17.9 Å². The van der Waals surface area contributed by atoms with Crippen molar-refractivity contribution in [2.75, 3.05) is 13.2 Å². The maximum atomic E-state index is 12.9. The van der Waals surface area contributed by atoms with Crippen molar-refractivity contribution in [2.45, 2.75) is 290 Å². The summed E-state index contributed by atoms with van der Waals surface area (Å²) >= 11 is 0. The van der Waals surface area contributed by atoms with Crippen molar-refractivity contribution in [1.29, 1.82) is 0 Å². The summed E-state index contributed by atoms with van der Waals surface area (Å²) in [5.74, 6) is -0.920. The van der Waals surface area contributed by atoms with Gasteiger partial charge in [-0.15, -0.1) is 0 Å². The van der Waals surface area contributed by atoms with Gasteiger partial charge in [0.15, 0.2) is 6.10 Å². The van der Waals surface area contributed by atoms with E-state index in [9.17, 15) is 14.4 Å². The van der Waals surface area contributed by atoms with Gasteiger partial charge in [0.2, 0.25) is 0 Å². The van der Waals surface area contributed by atoms with Crippen LogP contribution >= 0.6 is 0 Å². The molecule has 0 N–H and O–H groups in total. The highest BCUT2D eigenvalue weighted by atomic mass is 16.6. The van der Waals surface area contributed by atoms with Crippen LogP contribution in [0, 0.1) is 0 Å². The van der Waals surface area contributed by atoms with Gasteiger partial charge in [-0.2, -0.15) is 0 Å². The number of rotatable bonds is 53. The normalized spacial score (nSPS) is 12.7. The highest BCUT2D eigenvalue weighted by Gasteiger charge is 2.19. The minimum Gasteiger partial charge on any atom is -0.462 e. The van der Waals surface area contributed by atoms with Gasteiger partial charge in [-0.1, -0.05) is 234 Å². The fourth-order valence-corrected chi connectivity index (χ4v) is 8.16. The zero-order valence-corrected chi connectivity index (χ0v) is 46.0. The Morgan fingerprint density at radius 2 is 0.557 bits per heavy atom. The van der Waals surface area contributed by atoms with Gasteiger partial charge in [0.25, 0.3) is 0 Å². The molecule has 0 saturated carbocycles. The predicted octanol–water partition coefficient (Wildman–Crippen LogP) is 19.9. The third kappa shape index (κ3) is 55.5. The van der Waals surface area contributed by atoms with Crippen LogP contribution in [0.4, 0.5) is 0 Å². The van der Waals surface area contributed by atoms with Crippen molar-refractivity contribution in [1.82, 2.24) is 0 Å². The minimum atomic E-state index is -0.796. The predicted molar refractivity (Wildman–Crippen MR) is 302 cm³/mol. The van der Waals surface area contributed by atoms with Gasteiger partial charge in [-0.3, -0.25) is 14.4 Å². The molecule has 70 heavy (non-hydrogen) atoms. The molecule has 0 fully saturated rings. The minimum absolute atomic E-state index is 0.0911. The monoisotopic (exact) mass is 975 g/mol. The van der Waals surface area contributed by atoms with Crippen molar-refractivity contribution in [3.63, 3.8) is 0 Å². The molecule has 0 bridgehead atoms.